The molecular weight excluding hydrogens is 278 g/mol. The van der Waals surface area contributed by atoms with Crippen molar-refractivity contribution in [3.63, 3.8) is 0 Å². The van der Waals surface area contributed by atoms with E-state index in [2.05, 4.69) is 5.32 Å². The minimum atomic E-state index is -1.02. The number of piperidine rings is 1. The quantitative estimate of drug-likeness (QED) is 0.927. The lowest BCUT2D eigenvalue weighted by Crippen LogP contribution is -2.49. The zero-order chi connectivity index (χ0) is 16.2. The van der Waals surface area contributed by atoms with Gasteiger partial charge < -0.3 is 10.2 Å². The van der Waals surface area contributed by atoms with Gasteiger partial charge in [-0.25, -0.2) is 0 Å². The van der Waals surface area contributed by atoms with E-state index in [0.717, 1.165) is 0 Å². The Bertz CT molecular complexity index is 582. The number of nitriles is 1. The van der Waals surface area contributed by atoms with Crippen LogP contribution in [0.3, 0.4) is 0 Å². The Morgan fingerprint density at radius 1 is 1.23 bits per heavy atom. The maximum atomic E-state index is 12.3. The Kier molecular flexibility index (Phi) is 4.81. The Balaban J connectivity index is 1.88. The van der Waals surface area contributed by atoms with Gasteiger partial charge in [-0.15, -0.1) is 0 Å². The first-order valence-corrected chi connectivity index (χ1v) is 7.50. The van der Waals surface area contributed by atoms with Gasteiger partial charge >= 0.3 is 0 Å². The molecule has 2 rings (SSSR count). The fourth-order valence-corrected chi connectivity index (χ4v) is 2.41. The van der Waals surface area contributed by atoms with E-state index in [1.807, 2.05) is 41.3 Å². The number of rotatable bonds is 3. The first kappa shape index (κ1) is 16.0. The molecule has 0 aromatic heterocycles. The maximum Gasteiger partial charge on any atom is 0.253 e. The van der Waals surface area contributed by atoms with Gasteiger partial charge in [-0.1, -0.05) is 18.2 Å². The van der Waals surface area contributed by atoms with Crippen molar-refractivity contribution >= 4 is 11.8 Å². The molecule has 0 atom stereocenters. The summed E-state index contributed by atoms with van der Waals surface area (Å²) < 4.78 is 0. The Morgan fingerprint density at radius 3 is 2.36 bits per heavy atom. The van der Waals surface area contributed by atoms with Crippen LogP contribution in [0.15, 0.2) is 30.3 Å². The van der Waals surface area contributed by atoms with Crippen LogP contribution in [-0.4, -0.2) is 35.8 Å². The second-order valence-electron chi connectivity index (χ2n) is 6.14. The smallest absolute Gasteiger partial charge is 0.253 e. The summed E-state index contributed by atoms with van der Waals surface area (Å²) in [6, 6.07) is 11.2. The van der Waals surface area contributed by atoms with Gasteiger partial charge in [0.05, 0.1) is 6.07 Å². The third-order valence-electron chi connectivity index (χ3n) is 3.99. The van der Waals surface area contributed by atoms with Crippen LogP contribution in [0, 0.1) is 16.7 Å². The maximum absolute atomic E-state index is 12.3. The first-order valence-electron chi connectivity index (χ1n) is 7.50. The summed E-state index contributed by atoms with van der Waals surface area (Å²) >= 11 is 0. The topological polar surface area (TPSA) is 73.2 Å². The highest BCUT2D eigenvalue weighted by molar-refractivity contribution is 5.94. The predicted octanol–water partition coefficient (Wildman–Crippen LogP) is 1.96. The molecule has 22 heavy (non-hydrogen) atoms. The molecule has 1 aromatic carbocycles. The first-order chi connectivity index (χ1) is 10.4. The molecule has 116 valence electrons. The van der Waals surface area contributed by atoms with Gasteiger partial charge in [-0.2, -0.15) is 5.26 Å². The summed E-state index contributed by atoms with van der Waals surface area (Å²) in [5.74, 6) is -0.217. The van der Waals surface area contributed by atoms with Crippen molar-refractivity contribution in [2.75, 3.05) is 13.1 Å². The number of hydrogen-bond acceptors (Lipinski definition) is 3. The number of carbonyl (C=O) groups excluding carboxylic acids is 2. The summed E-state index contributed by atoms with van der Waals surface area (Å²) in [5.41, 5.74) is -0.327. The Labute approximate surface area is 130 Å². The van der Waals surface area contributed by atoms with Crippen molar-refractivity contribution in [3.05, 3.63) is 35.9 Å². The average Bonchev–Trinajstić information content (AvgIpc) is 2.55. The van der Waals surface area contributed by atoms with E-state index < -0.39 is 5.41 Å². The zero-order valence-electron chi connectivity index (χ0n) is 13.0. The van der Waals surface area contributed by atoms with E-state index in [4.69, 9.17) is 5.26 Å². The SMILES string of the molecule is CC(C)(C#N)C(=O)NC1CCN(C(=O)c2ccccc2)CC1. The summed E-state index contributed by atoms with van der Waals surface area (Å²) in [4.78, 5) is 26.1. The van der Waals surface area contributed by atoms with Gasteiger partial charge in [0.15, 0.2) is 0 Å². The van der Waals surface area contributed by atoms with Gasteiger partial charge in [0.1, 0.15) is 5.41 Å². The van der Waals surface area contributed by atoms with Crippen molar-refractivity contribution in [2.24, 2.45) is 5.41 Å². The second-order valence-corrected chi connectivity index (χ2v) is 6.14. The lowest BCUT2D eigenvalue weighted by molar-refractivity contribution is -0.127. The summed E-state index contributed by atoms with van der Waals surface area (Å²) in [5, 5.41) is 11.9. The third kappa shape index (κ3) is 3.64. The standard InChI is InChI=1S/C17H21N3O2/c1-17(2,12-18)16(22)19-14-8-10-20(11-9-14)15(21)13-6-4-3-5-7-13/h3-7,14H,8-11H2,1-2H3,(H,19,22). The Hall–Kier alpha value is -2.35. The van der Waals surface area contributed by atoms with Crippen LogP contribution < -0.4 is 5.32 Å². The van der Waals surface area contributed by atoms with Gasteiger partial charge in [0.25, 0.3) is 5.91 Å². The lowest BCUT2D eigenvalue weighted by Gasteiger charge is -2.33. The predicted molar refractivity (Wildman–Crippen MR) is 82.9 cm³/mol. The number of hydrogen-bond donors (Lipinski definition) is 1. The molecule has 0 unspecified atom stereocenters. The summed E-state index contributed by atoms with van der Waals surface area (Å²) in [7, 11) is 0. The minimum absolute atomic E-state index is 0.0277. The Morgan fingerprint density at radius 2 is 1.82 bits per heavy atom. The number of nitrogens with one attached hydrogen (secondary N) is 1. The van der Waals surface area contributed by atoms with Gasteiger partial charge in [-0.3, -0.25) is 9.59 Å². The normalized spacial score (nSPS) is 16.0. The van der Waals surface area contributed by atoms with E-state index in [1.54, 1.807) is 13.8 Å². The van der Waals surface area contributed by atoms with E-state index in [9.17, 15) is 9.59 Å². The molecule has 5 heteroatoms. The number of carbonyl (C=O) groups is 2. The molecule has 1 heterocycles. The molecule has 1 aliphatic heterocycles. The van der Waals surface area contributed by atoms with Crippen molar-refractivity contribution in [1.29, 1.82) is 5.26 Å². The molecule has 0 spiro atoms. The van der Waals surface area contributed by atoms with Crippen molar-refractivity contribution in [3.8, 4) is 6.07 Å². The molecule has 1 fully saturated rings. The van der Waals surface area contributed by atoms with Crippen LogP contribution in [0.4, 0.5) is 0 Å². The number of benzene rings is 1. The molecule has 5 nitrogen and oxygen atoms in total. The van der Waals surface area contributed by atoms with Crippen LogP contribution in [-0.2, 0) is 4.79 Å². The second kappa shape index (κ2) is 6.61. The van der Waals surface area contributed by atoms with Crippen LogP contribution in [0.25, 0.3) is 0 Å². The van der Waals surface area contributed by atoms with Crippen molar-refractivity contribution < 1.29 is 9.59 Å². The summed E-state index contributed by atoms with van der Waals surface area (Å²) in [6.07, 6.45) is 1.43. The number of amides is 2. The molecule has 0 aliphatic carbocycles. The zero-order valence-corrected chi connectivity index (χ0v) is 13.0. The average molecular weight is 299 g/mol. The number of likely N-dealkylation sites (tertiary alicyclic amines) is 1. The highest BCUT2D eigenvalue weighted by Crippen LogP contribution is 2.17. The van der Waals surface area contributed by atoms with Crippen LogP contribution >= 0.6 is 0 Å². The van der Waals surface area contributed by atoms with E-state index in [-0.39, 0.29) is 17.9 Å². The largest absolute Gasteiger partial charge is 0.352 e. The fraction of sp³-hybridized carbons (Fsp3) is 0.471. The third-order valence-corrected chi connectivity index (χ3v) is 3.99. The molecule has 1 aromatic rings. The molecular formula is C17H21N3O2. The molecule has 1 N–H and O–H groups in total. The van der Waals surface area contributed by atoms with Crippen LogP contribution in [0.1, 0.15) is 37.0 Å². The lowest BCUT2D eigenvalue weighted by atomic mass is 9.93. The molecule has 1 saturated heterocycles. The molecule has 1 aliphatic rings. The molecule has 0 saturated carbocycles. The number of nitrogens with zero attached hydrogens (tertiary/aromatic N) is 2. The highest BCUT2D eigenvalue weighted by atomic mass is 16.2. The summed E-state index contributed by atoms with van der Waals surface area (Å²) in [6.45, 7) is 4.45. The van der Waals surface area contributed by atoms with Crippen molar-refractivity contribution in [1.82, 2.24) is 10.2 Å². The van der Waals surface area contributed by atoms with Crippen LogP contribution in [0.5, 0.6) is 0 Å². The minimum Gasteiger partial charge on any atom is -0.352 e. The van der Waals surface area contributed by atoms with Gasteiger partial charge in [-0.05, 0) is 38.8 Å². The monoisotopic (exact) mass is 299 g/mol. The molecule has 0 bridgehead atoms. The van der Waals surface area contributed by atoms with Gasteiger partial charge in [0, 0.05) is 24.7 Å². The van der Waals surface area contributed by atoms with E-state index in [1.165, 1.54) is 0 Å². The highest BCUT2D eigenvalue weighted by Gasteiger charge is 2.31. The fourth-order valence-electron chi connectivity index (χ4n) is 2.41. The van der Waals surface area contributed by atoms with E-state index >= 15 is 0 Å². The van der Waals surface area contributed by atoms with Crippen LogP contribution in [0.2, 0.25) is 0 Å². The van der Waals surface area contributed by atoms with Gasteiger partial charge in [0.2, 0.25) is 5.91 Å². The molecule has 0 radical (unpaired) electrons. The van der Waals surface area contributed by atoms with Crippen molar-refractivity contribution in [2.45, 2.75) is 32.7 Å². The van der Waals surface area contributed by atoms with E-state index in [0.29, 0.717) is 31.5 Å². The molecule has 2 amide bonds.